The van der Waals surface area contributed by atoms with Crippen LogP contribution in [0.25, 0.3) is 0 Å². The number of aliphatic carboxylic acids is 2. The molecule has 41 heteroatoms. The topological polar surface area (TPSA) is 633 Å². The van der Waals surface area contributed by atoms with Gasteiger partial charge in [0.25, 0.3) is 0 Å². The molecule has 17 atom stereocenters. The Balaban J connectivity index is 2.24. The fourth-order valence-corrected chi connectivity index (χ4v) is 11.4. The number of carboxylic acid groups (broad SMARTS) is 2. The van der Waals surface area contributed by atoms with Crippen molar-refractivity contribution in [3.8, 4) is 0 Å². The second kappa shape index (κ2) is 46.6. The Morgan fingerprint density at radius 2 is 1.06 bits per heavy atom. The summed E-state index contributed by atoms with van der Waals surface area (Å²) >= 11 is 4.31. The molecule has 2 heterocycles. The van der Waals surface area contributed by atoms with Gasteiger partial charge in [0.15, 0.2) is 5.96 Å². The molecule has 0 unspecified atom stereocenters. The van der Waals surface area contributed by atoms with Crippen LogP contribution in [0.15, 0.2) is 17.5 Å². The third kappa shape index (κ3) is 32.5. The Morgan fingerprint density at radius 1 is 0.569 bits per heavy atom. The van der Waals surface area contributed by atoms with E-state index in [0.717, 1.165) is 0 Å². The van der Waals surface area contributed by atoms with E-state index in [4.69, 9.17) is 17.2 Å². The molecular weight excluding hydrogens is 1450 g/mol. The van der Waals surface area contributed by atoms with Crippen LogP contribution in [-0.2, 0) is 83.1 Å². The quantitative estimate of drug-likeness (QED) is 0.0125. The maximum atomic E-state index is 14.3. The van der Waals surface area contributed by atoms with Crippen LogP contribution in [0.4, 0.5) is 0 Å². The van der Waals surface area contributed by atoms with Gasteiger partial charge >= 0.3 is 11.9 Å². The lowest BCUT2D eigenvalue weighted by Gasteiger charge is -2.31. The Kier molecular flexibility index (Phi) is 40.7. The van der Waals surface area contributed by atoms with Gasteiger partial charge in [-0.3, -0.25) is 81.7 Å². The van der Waals surface area contributed by atoms with Gasteiger partial charge in [0, 0.05) is 37.2 Å². The zero-order valence-corrected chi connectivity index (χ0v) is 65.2. The number of thiol groups is 1. The number of nitrogens with one attached hydrogen (secondary N) is 14. The minimum Gasteiger partial charge on any atom is -0.481 e. The molecule has 24 N–H and O–H groups in total. The molecule has 1 saturated heterocycles. The third-order valence-corrected chi connectivity index (χ3v) is 18.0. The highest BCUT2D eigenvalue weighted by Crippen LogP contribution is 2.21. The predicted molar refractivity (Wildman–Crippen MR) is 398 cm³/mol. The molecule has 0 aromatic carbocycles. The zero-order chi connectivity index (χ0) is 83.0. The third-order valence-electron chi connectivity index (χ3n) is 17.6. The molecular formula is C68H116N20O20S. The summed E-state index contributed by atoms with van der Waals surface area (Å²) in [7, 11) is 0. The van der Waals surface area contributed by atoms with Gasteiger partial charge in [-0.25, -0.2) is 4.98 Å². The lowest BCUT2D eigenvalue weighted by molar-refractivity contribution is -0.143. The van der Waals surface area contributed by atoms with E-state index in [2.05, 4.69) is 96.7 Å². The summed E-state index contributed by atoms with van der Waals surface area (Å²) in [5.74, 6) is -18.7. The number of aromatic amines is 1. The van der Waals surface area contributed by atoms with Crippen LogP contribution in [0.3, 0.4) is 0 Å². The number of H-pyrrole nitrogens is 1. The molecule has 0 spiro atoms. The number of aliphatic hydroxyl groups excluding tert-OH is 2. The molecule has 614 valence electrons. The molecule has 0 bridgehead atoms. The second-order valence-electron chi connectivity index (χ2n) is 28.7. The highest BCUT2D eigenvalue weighted by Gasteiger charge is 2.42. The summed E-state index contributed by atoms with van der Waals surface area (Å²) in [5.41, 5.74) is 17.1. The molecule has 1 aliphatic rings. The Labute approximate surface area is 638 Å². The van der Waals surface area contributed by atoms with Crippen LogP contribution in [0, 0.1) is 29.6 Å². The van der Waals surface area contributed by atoms with Crippen molar-refractivity contribution < 1.29 is 97.1 Å². The maximum Gasteiger partial charge on any atom is 0.325 e. The minimum absolute atomic E-state index is 0.00138. The smallest absolute Gasteiger partial charge is 0.325 e. The number of rotatable bonds is 47. The second-order valence-corrected chi connectivity index (χ2v) is 29.1. The molecule has 0 radical (unpaired) electrons. The lowest BCUT2D eigenvalue weighted by Crippen LogP contribution is -2.62. The van der Waals surface area contributed by atoms with Crippen molar-refractivity contribution >= 4 is 113 Å². The van der Waals surface area contributed by atoms with E-state index >= 15 is 0 Å². The number of guanidine groups is 1. The number of likely N-dealkylation sites (tertiary alicyclic amines) is 1. The number of carboxylic acids is 2. The first kappa shape index (κ1) is 95.3. The van der Waals surface area contributed by atoms with Crippen molar-refractivity contribution in [3.05, 3.63) is 18.2 Å². The van der Waals surface area contributed by atoms with Gasteiger partial charge in [0.05, 0.1) is 31.5 Å². The Morgan fingerprint density at radius 3 is 1.58 bits per heavy atom. The standard InChI is InChI=1S/C68H116N20O20S/c1-15-34(10)52(86-56(96)40(18-16-20-73-68(70)71)79-61(101)49(69)37(13)89)64(104)85-50(32(6)7)62(102)76-35(11)54(94)83-45(28-109)66(106)88-21-17-19-46(88)60(100)84-51(33(8)9)63(103)82-44(25-48(92)93)58(98)80-41(22-30(2)3)55(95)74-27-47(91)78-42(23-31(4)5)59(99)87-53(38(14)90)65(105)81-43(24-39-26-72-29-75-39)57(97)77-36(12)67(107)108/h26,29-38,40-46,49-53,89-90,109H,15-25,27-28,69H2,1-14H3,(H,72,75)(H,74,95)(H,76,102)(H,77,97)(H,78,91)(H,79,101)(H,80,98)(H,81,105)(H,82,103)(H,83,94)(H,84,100)(H,85,104)(H,86,96)(H,87,99)(H,92,93)(H,107,108)(H4,70,71,73)/t34-,35-,36-,37+,38+,40-,41-,42-,43-,44-,45-,46-,49-,50-,51-,52-,53-/m0/s1. The SMILES string of the molecule is CC[C@H](C)[C@H](NC(=O)[C@H](CCCN=C(N)N)NC(=O)[C@@H](N)[C@@H](C)O)C(=O)N[C@H](C(=O)N[C@@H](C)C(=O)N[C@@H](CS)C(=O)N1CCC[C@H]1C(=O)N[C@H](C(=O)N[C@@H](CC(=O)O)C(=O)N[C@@H](CC(C)C)C(=O)NCC(=O)N[C@@H](CC(C)C)C(=O)N[C@H](C(=O)N[C@@H](Cc1cnc[nH]1)C(=O)N[C@@H](C)C(=O)O)[C@@H](C)O)C(C)C)C(C)C. The van der Waals surface area contributed by atoms with Crippen molar-refractivity contribution in [3.63, 3.8) is 0 Å². The van der Waals surface area contributed by atoms with Crippen LogP contribution < -0.4 is 86.3 Å². The monoisotopic (exact) mass is 1560 g/mol. The van der Waals surface area contributed by atoms with Gasteiger partial charge in [0.1, 0.15) is 84.6 Å². The fraction of sp³-hybridized carbons (Fsp3) is 0.706. The van der Waals surface area contributed by atoms with Gasteiger partial charge in [0.2, 0.25) is 82.7 Å². The average molecular weight is 1570 g/mol. The fourth-order valence-electron chi connectivity index (χ4n) is 11.1. The molecule has 1 aromatic rings. The number of aromatic nitrogens is 2. The molecule has 0 aliphatic carbocycles. The van der Waals surface area contributed by atoms with E-state index < -0.39 is 222 Å². The first-order valence-electron chi connectivity index (χ1n) is 36.3. The normalized spacial score (nSPS) is 17.2. The molecule has 2 rings (SSSR count). The van der Waals surface area contributed by atoms with Crippen molar-refractivity contribution in [1.82, 2.24) is 84.0 Å². The van der Waals surface area contributed by atoms with Gasteiger partial charge in [-0.2, -0.15) is 12.6 Å². The average Bonchev–Trinajstić information content (AvgIpc) is 1.75. The van der Waals surface area contributed by atoms with Crippen molar-refractivity contribution in [2.75, 3.05) is 25.4 Å². The number of imidazole rings is 1. The number of carbonyl (C=O) groups excluding carboxylic acids is 14. The van der Waals surface area contributed by atoms with E-state index in [1.54, 1.807) is 55.4 Å². The van der Waals surface area contributed by atoms with E-state index in [9.17, 15) is 97.1 Å². The number of nitrogens with two attached hydrogens (primary N) is 3. The van der Waals surface area contributed by atoms with Crippen LogP contribution in [0.2, 0.25) is 0 Å². The van der Waals surface area contributed by atoms with Crippen molar-refractivity contribution in [2.24, 2.45) is 51.8 Å². The number of hydrogen-bond acceptors (Lipinski definition) is 22. The highest BCUT2D eigenvalue weighted by molar-refractivity contribution is 7.80. The summed E-state index contributed by atoms with van der Waals surface area (Å²) in [6, 6.07) is -20.0. The van der Waals surface area contributed by atoms with Crippen LogP contribution >= 0.6 is 12.6 Å². The molecule has 40 nitrogen and oxygen atoms in total. The number of aliphatic imine (C=N–C) groups is 1. The molecule has 14 amide bonds. The van der Waals surface area contributed by atoms with Crippen LogP contribution in [0.1, 0.15) is 154 Å². The number of hydrogen-bond donors (Lipinski definition) is 22. The summed E-state index contributed by atoms with van der Waals surface area (Å²) < 4.78 is 0. The number of aliphatic hydroxyl groups is 2. The van der Waals surface area contributed by atoms with Gasteiger partial charge < -0.3 is 117 Å². The molecule has 1 aliphatic heterocycles. The van der Waals surface area contributed by atoms with Crippen LogP contribution in [0.5, 0.6) is 0 Å². The summed E-state index contributed by atoms with van der Waals surface area (Å²) in [4.78, 5) is 229. The van der Waals surface area contributed by atoms with E-state index in [-0.39, 0.29) is 81.6 Å². The first-order chi connectivity index (χ1) is 50.8. The number of amides is 14. The van der Waals surface area contributed by atoms with Crippen molar-refractivity contribution in [1.29, 1.82) is 0 Å². The van der Waals surface area contributed by atoms with Gasteiger partial charge in [-0.15, -0.1) is 0 Å². The maximum absolute atomic E-state index is 14.3. The van der Waals surface area contributed by atoms with Gasteiger partial charge in [-0.05, 0) is 95.8 Å². The Hall–Kier alpha value is -9.77. The van der Waals surface area contributed by atoms with Crippen molar-refractivity contribution in [2.45, 2.75) is 252 Å². The minimum atomic E-state index is -1.88. The summed E-state index contributed by atoms with van der Waals surface area (Å²) in [6.45, 7) is 20.8. The van der Waals surface area contributed by atoms with E-state index in [0.29, 0.717) is 12.1 Å². The predicted octanol–water partition coefficient (Wildman–Crippen LogP) is -6.00. The molecule has 0 saturated carbocycles. The molecule has 109 heavy (non-hydrogen) atoms. The molecule has 1 aromatic heterocycles. The summed E-state index contributed by atoms with van der Waals surface area (Å²) in [5, 5.41) is 72.2. The Bertz CT molecular complexity index is 3320. The van der Waals surface area contributed by atoms with E-state index in [1.165, 1.54) is 59.0 Å². The first-order valence-corrected chi connectivity index (χ1v) is 36.9. The zero-order valence-electron chi connectivity index (χ0n) is 64.3. The highest BCUT2D eigenvalue weighted by atomic mass is 32.1. The summed E-state index contributed by atoms with van der Waals surface area (Å²) in [6.07, 6.45) is -0.693. The number of carbonyl (C=O) groups is 16. The largest absolute Gasteiger partial charge is 0.481 e. The number of nitrogens with zero attached hydrogens (tertiary/aromatic N) is 3. The van der Waals surface area contributed by atoms with E-state index in [1.807, 2.05) is 0 Å². The lowest BCUT2D eigenvalue weighted by atomic mass is 9.95. The molecule has 1 fully saturated rings. The van der Waals surface area contributed by atoms with Gasteiger partial charge in [-0.1, -0.05) is 75.7 Å². The van der Waals surface area contributed by atoms with Crippen LogP contribution in [-0.4, -0.2) is 258 Å².